The molecule has 0 atom stereocenters. The van der Waals surface area contributed by atoms with E-state index in [-0.39, 0.29) is 5.91 Å². The topological polar surface area (TPSA) is 64.2 Å². The summed E-state index contributed by atoms with van der Waals surface area (Å²) in [6.07, 6.45) is 1.72. The Morgan fingerprint density at radius 3 is 2.61 bits per heavy atom. The first-order valence-corrected chi connectivity index (χ1v) is 5.63. The molecule has 5 nitrogen and oxygen atoms in total. The number of nitrogens with two attached hydrogens (primary N) is 1. The molecule has 0 unspecified atom stereocenters. The van der Waals surface area contributed by atoms with Crippen LogP contribution in [0.4, 0.5) is 11.4 Å². The van der Waals surface area contributed by atoms with Gasteiger partial charge in [0.2, 0.25) is 0 Å². The molecule has 0 aliphatic carbocycles. The highest BCUT2D eigenvalue weighted by atomic mass is 16.2. The van der Waals surface area contributed by atoms with Crippen LogP contribution in [0.5, 0.6) is 0 Å². The molecule has 0 bridgehead atoms. The maximum absolute atomic E-state index is 12.3. The number of hydrogen-bond donors (Lipinski definition) is 1. The van der Waals surface area contributed by atoms with Crippen molar-refractivity contribution < 1.29 is 4.79 Å². The van der Waals surface area contributed by atoms with Gasteiger partial charge in [0.05, 0.1) is 22.6 Å². The summed E-state index contributed by atoms with van der Waals surface area (Å²) in [6.45, 7) is 1.81. The molecule has 1 heterocycles. The first-order chi connectivity index (χ1) is 8.50. The van der Waals surface area contributed by atoms with Crippen molar-refractivity contribution in [3.63, 3.8) is 0 Å². The first kappa shape index (κ1) is 12.2. The van der Waals surface area contributed by atoms with Crippen molar-refractivity contribution in [3.05, 3.63) is 41.7 Å². The van der Waals surface area contributed by atoms with Gasteiger partial charge < -0.3 is 10.6 Å². The third-order valence-electron chi connectivity index (χ3n) is 2.85. The lowest BCUT2D eigenvalue weighted by atomic mass is 10.2. The van der Waals surface area contributed by atoms with E-state index in [0.29, 0.717) is 22.6 Å². The number of para-hydroxylation sites is 2. The summed E-state index contributed by atoms with van der Waals surface area (Å²) in [6, 6.07) is 7.28. The molecular formula is C13H16N4O. The highest BCUT2D eigenvalue weighted by molar-refractivity contribution is 6.07. The molecule has 0 aliphatic rings. The van der Waals surface area contributed by atoms with Crippen molar-refractivity contribution in [2.24, 2.45) is 7.05 Å². The second kappa shape index (κ2) is 4.52. The molecule has 2 aromatic rings. The van der Waals surface area contributed by atoms with E-state index in [0.717, 1.165) is 0 Å². The lowest BCUT2D eigenvalue weighted by molar-refractivity contribution is 0.0992. The summed E-state index contributed by atoms with van der Waals surface area (Å²) in [5.74, 6) is -0.112. The van der Waals surface area contributed by atoms with E-state index in [1.807, 2.05) is 25.1 Å². The SMILES string of the molecule is Cc1nn(C)cc1C(=O)N(C)c1ccccc1N. The highest BCUT2D eigenvalue weighted by Crippen LogP contribution is 2.23. The Bertz CT molecular complexity index is 588. The average molecular weight is 244 g/mol. The van der Waals surface area contributed by atoms with Crippen molar-refractivity contribution in [2.45, 2.75) is 6.92 Å². The van der Waals surface area contributed by atoms with Crippen molar-refractivity contribution in [1.29, 1.82) is 0 Å². The van der Waals surface area contributed by atoms with Crippen molar-refractivity contribution >= 4 is 17.3 Å². The van der Waals surface area contributed by atoms with Crippen LogP contribution in [-0.4, -0.2) is 22.7 Å². The van der Waals surface area contributed by atoms with Crippen LogP contribution in [0.25, 0.3) is 0 Å². The van der Waals surface area contributed by atoms with Crippen LogP contribution >= 0.6 is 0 Å². The zero-order valence-corrected chi connectivity index (χ0v) is 10.7. The fourth-order valence-electron chi connectivity index (χ4n) is 1.89. The Morgan fingerprint density at radius 2 is 2.06 bits per heavy atom. The standard InChI is InChI=1S/C13H16N4O/c1-9-10(8-16(2)15-9)13(18)17(3)12-7-5-4-6-11(12)14/h4-8H,14H2,1-3H3. The van der Waals surface area contributed by atoms with Crippen molar-refractivity contribution in [1.82, 2.24) is 9.78 Å². The van der Waals surface area contributed by atoms with Crippen molar-refractivity contribution in [3.8, 4) is 0 Å². The molecule has 0 spiro atoms. The van der Waals surface area contributed by atoms with Gasteiger partial charge in [-0.2, -0.15) is 5.10 Å². The summed E-state index contributed by atoms with van der Waals surface area (Å²) >= 11 is 0. The average Bonchev–Trinajstić information content (AvgIpc) is 2.67. The highest BCUT2D eigenvalue weighted by Gasteiger charge is 2.19. The quantitative estimate of drug-likeness (QED) is 0.816. The van der Waals surface area contributed by atoms with E-state index >= 15 is 0 Å². The molecule has 2 N–H and O–H groups in total. The predicted octanol–water partition coefficient (Wildman–Crippen LogP) is 1.59. The van der Waals surface area contributed by atoms with Crippen molar-refractivity contribution in [2.75, 3.05) is 17.7 Å². The smallest absolute Gasteiger partial charge is 0.261 e. The van der Waals surface area contributed by atoms with Gasteiger partial charge in [0.15, 0.2) is 0 Å². The second-order valence-corrected chi connectivity index (χ2v) is 4.22. The maximum atomic E-state index is 12.3. The van der Waals surface area contributed by atoms with Gasteiger partial charge >= 0.3 is 0 Å². The summed E-state index contributed by atoms with van der Waals surface area (Å²) < 4.78 is 1.63. The number of benzene rings is 1. The third-order valence-corrected chi connectivity index (χ3v) is 2.85. The molecule has 0 fully saturated rings. The Balaban J connectivity index is 2.35. The largest absolute Gasteiger partial charge is 0.397 e. The summed E-state index contributed by atoms with van der Waals surface area (Å²) in [5.41, 5.74) is 8.44. The second-order valence-electron chi connectivity index (χ2n) is 4.22. The first-order valence-electron chi connectivity index (χ1n) is 5.63. The lowest BCUT2D eigenvalue weighted by Crippen LogP contribution is -2.27. The predicted molar refractivity (Wildman–Crippen MR) is 71.5 cm³/mol. The fraction of sp³-hybridized carbons (Fsp3) is 0.231. The Labute approximate surface area is 106 Å². The van der Waals surface area contributed by atoms with E-state index in [4.69, 9.17) is 5.73 Å². The number of carbonyl (C=O) groups excluding carboxylic acids is 1. The van der Waals surface area contributed by atoms with E-state index in [2.05, 4.69) is 5.10 Å². The number of hydrogen-bond acceptors (Lipinski definition) is 3. The maximum Gasteiger partial charge on any atom is 0.261 e. The van der Waals surface area contributed by atoms with E-state index in [1.165, 1.54) is 0 Å². The van der Waals surface area contributed by atoms with Crippen LogP contribution in [0.1, 0.15) is 16.1 Å². The van der Waals surface area contributed by atoms with Gasteiger partial charge in [0.1, 0.15) is 0 Å². The molecule has 1 aromatic carbocycles. The minimum absolute atomic E-state index is 0.112. The minimum atomic E-state index is -0.112. The van der Waals surface area contributed by atoms with Gasteiger partial charge in [0.25, 0.3) is 5.91 Å². The number of aryl methyl sites for hydroxylation is 2. The van der Waals surface area contributed by atoms with Gasteiger partial charge in [-0.15, -0.1) is 0 Å². The lowest BCUT2D eigenvalue weighted by Gasteiger charge is -2.18. The number of carbonyl (C=O) groups is 1. The van der Waals surface area contributed by atoms with Crippen LogP contribution < -0.4 is 10.6 Å². The van der Waals surface area contributed by atoms with E-state index in [9.17, 15) is 4.79 Å². The summed E-state index contributed by atoms with van der Waals surface area (Å²) in [5, 5.41) is 4.17. The van der Waals surface area contributed by atoms with Gasteiger partial charge in [-0.3, -0.25) is 9.48 Å². The zero-order valence-electron chi connectivity index (χ0n) is 10.7. The Kier molecular flexibility index (Phi) is 3.06. The van der Waals surface area contributed by atoms with Crippen LogP contribution in [0.2, 0.25) is 0 Å². The van der Waals surface area contributed by atoms with Gasteiger partial charge in [-0.05, 0) is 19.1 Å². The molecule has 0 saturated carbocycles. The summed E-state index contributed by atoms with van der Waals surface area (Å²) in [7, 11) is 3.50. The number of rotatable bonds is 2. The molecule has 1 aromatic heterocycles. The van der Waals surface area contributed by atoms with Gasteiger partial charge in [-0.1, -0.05) is 12.1 Å². The zero-order chi connectivity index (χ0) is 13.3. The van der Waals surface area contributed by atoms with E-state index in [1.54, 1.807) is 35.9 Å². The third kappa shape index (κ3) is 2.07. The van der Waals surface area contributed by atoms with E-state index < -0.39 is 0 Å². The molecule has 94 valence electrons. The molecule has 0 saturated heterocycles. The monoisotopic (exact) mass is 244 g/mol. The van der Waals surface area contributed by atoms with Crippen LogP contribution in [-0.2, 0) is 7.05 Å². The molecule has 2 rings (SSSR count). The molecule has 0 aliphatic heterocycles. The molecular weight excluding hydrogens is 228 g/mol. The molecule has 0 radical (unpaired) electrons. The fourth-order valence-corrected chi connectivity index (χ4v) is 1.89. The van der Waals surface area contributed by atoms with Gasteiger partial charge in [-0.25, -0.2) is 0 Å². The Hall–Kier alpha value is -2.30. The minimum Gasteiger partial charge on any atom is -0.397 e. The molecule has 18 heavy (non-hydrogen) atoms. The van der Waals surface area contributed by atoms with Crippen LogP contribution in [0.3, 0.4) is 0 Å². The molecule has 5 heteroatoms. The number of nitrogens with zero attached hydrogens (tertiary/aromatic N) is 3. The number of nitrogen functional groups attached to an aromatic ring is 1. The number of amides is 1. The summed E-state index contributed by atoms with van der Waals surface area (Å²) in [4.78, 5) is 13.9. The van der Waals surface area contributed by atoms with Crippen LogP contribution in [0, 0.1) is 6.92 Å². The number of anilines is 2. The van der Waals surface area contributed by atoms with Gasteiger partial charge in [0, 0.05) is 20.3 Å². The Morgan fingerprint density at radius 1 is 1.39 bits per heavy atom. The number of aromatic nitrogens is 2. The van der Waals surface area contributed by atoms with Crippen LogP contribution in [0.15, 0.2) is 30.5 Å². The molecule has 1 amide bonds. The normalized spacial score (nSPS) is 10.4.